The zero-order valence-corrected chi connectivity index (χ0v) is 15.0. The van der Waals surface area contributed by atoms with Crippen LogP contribution in [0.3, 0.4) is 0 Å². The first kappa shape index (κ1) is 19.1. The van der Waals surface area contributed by atoms with E-state index in [-0.39, 0.29) is 6.61 Å². The van der Waals surface area contributed by atoms with Gasteiger partial charge in [-0.1, -0.05) is 36.9 Å². The van der Waals surface area contributed by atoms with Crippen LogP contribution in [-0.4, -0.2) is 44.9 Å². The molecule has 1 fully saturated rings. The summed E-state index contributed by atoms with van der Waals surface area (Å²) >= 11 is 0. The number of β-lactam (4-membered cyclic amide) rings is 1. The summed E-state index contributed by atoms with van der Waals surface area (Å²) in [4.78, 5) is 36.3. The van der Waals surface area contributed by atoms with Crippen molar-refractivity contribution in [3.05, 3.63) is 48.0 Å². The highest BCUT2D eigenvalue weighted by molar-refractivity contribution is 8.08. The second kappa shape index (κ2) is 8.26. The van der Waals surface area contributed by atoms with Crippen molar-refractivity contribution in [1.82, 2.24) is 10.2 Å². The molecule has 2 rings (SSSR count). The van der Waals surface area contributed by atoms with E-state index in [1.165, 1.54) is 0 Å². The molecule has 1 heterocycles. The monoisotopic (exact) mass is 384 g/mol. The highest BCUT2D eigenvalue weighted by Crippen LogP contribution is 2.30. The molecule has 4 unspecified atom stereocenters. The number of hydrogen-bond acceptors (Lipinski definition) is 5. The number of esters is 1. The Kier molecular flexibility index (Phi) is 6.33. The number of hydrogen-bond donors (Lipinski definition) is 1. The first-order valence-electron chi connectivity index (χ1n) is 7.33. The lowest BCUT2D eigenvalue weighted by Crippen LogP contribution is -2.74. The van der Waals surface area contributed by atoms with Crippen molar-refractivity contribution < 1.29 is 23.3 Å². The van der Waals surface area contributed by atoms with Crippen LogP contribution in [0.25, 0.3) is 0 Å². The summed E-state index contributed by atoms with van der Waals surface area (Å²) in [6, 6.07) is 6.85. The van der Waals surface area contributed by atoms with Crippen LogP contribution in [0.4, 0.5) is 0 Å². The number of benzene rings is 1. The molecule has 1 aliphatic rings. The Balaban J connectivity index is 2.15. The Hall–Kier alpha value is -2.19. The number of carbonyl (C=O) groups is 3. The lowest BCUT2D eigenvalue weighted by Gasteiger charge is -2.47. The van der Waals surface area contributed by atoms with Gasteiger partial charge in [0.2, 0.25) is 12.3 Å². The first-order chi connectivity index (χ1) is 11.9. The first-order valence-corrected chi connectivity index (χ1v) is 9.37. The van der Waals surface area contributed by atoms with Gasteiger partial charge in [-0.05, 0) is 28.7 Å². The van der Waals surface area contributed by atoms with E-state index < -0.39 is 39.3 Å². The van der Waals surface area contributed by atoms with Gasteiger partial charge in [-0.3, -0.25) is 9.59 Å². The number of rotatable bonds is 8. The van der Waals surface area contributed by atoms with E-state index >= 15 is 0 Å². The Morgan fingerprint density at radius 1 is 1.48 bits per heavy atom. The number of halogens is 1. The minimum absolute atomic E-state index is 0.0239. The van der Waals surface area contributed by atoms with Gasteiger partial charge in [-0.15, -0.1) is 0 Å². The largest absolute Gasteiger partial charge is 0.459 e. The average Bonchev–Trinajstić information content (AvgIpc) is 2.58. The van der Waals surface area contributed by atoms with E-state index in [0.29, 0.717) is 12.0 Å². The summed E-state index contributed by atoms with van der Waals surface area (Å²) in [5.74, 6) is -1.28. The van der Waals surface area contributed by atoms with Gasteiger partial charge in [-0.25, -0.2) is 9.00 Å². The Morgan fingerprint density at radius 3 is 2.64 bits per heavy atom. The van der Waals surface area contributed by atoms with E-state index in [4.69, 9.17) is 15.4 Å². The number of nitrogens with zero attached hydrogens (tertiary/aromatic N) is 1. The fourth-order valence-corrected chi connectivity index (χ4v) is 3.92. The molecule has 1 saturated heterocycles. The van der Waals surface area contributed by atoms with Gasteiger partial charge in [0.05, 0.1) is 0 Å². The third-order valence-electron chi connectivity index (χ3n) is 3.71. The van der Waals surface area contributed by atoms with E-state index in [0.717, 1.165) is 10.5 Å². The predicted molar refractivity (Wildman–Crippen MR) is 92.5 cm³/mol. The summed E-state index contributed by atoms with van der Waals surface area (Å²) in [7, 11) is 3.64. The lowest BCUT2D eigenvalue weighted by molar-refractivity contribution is -0.163. The van der Waals surface area contributed by atoms with Gasteiger partial charge in [-0.2, -0.15) is 0 Å². The van der Waals surface area contributed by atoms with Gasteiger partial charge < -0.3 is 15.0 Å². The van der Waals surface area contributed by atoms with E-state index in [1.807, 2.05) is 6.07 Å². The van der Waals surface area contributed by atoms with E-state index in [2.05, 4.69) is 11.9 Å². The SMILES string of the molecule is C=C(C)C(C(=O)OCc1ccccc1)N1C(=O)C(NC=O)C1S(=O)Cl. The Bertz CT molecular complexity index is 712. The van der Waals surface area contributed by atoms with Crippen molar-refractivity contribution in [3.8, 4) is 0 Å². The standard InChI is InChI=1S/C16H17ClN2O5S/c1-10(2)13(16(22)24-8-11-6-4-3-5-7-11)19-14(21)12(18-9-20)15(19)25(17)23/h3-7,9,12-13,15H,1,8H2,2H3,(H,18,20). The lowest BCUT2D eigenvalue weighted by atomic mass is 9.99. The number of likely N-dealkylation sites (tertiary alicyclic amines) is 1. The fourth-order valence-electron chi connectivity index (χ4n) is 2.54. The molecule has 1 aromatic rings. The molecule has 1 aliphatic heterocycles. The minimum atomic E-state index is -1.99. The molecule has 4 atom stereocenters. The fraction of sp³-hybridized carbons (Fsp3) is 0.312. The maximum Gasteiger partial charge on any atom is 0.333 e. The Labute approximate surface area is 151 Å². The Morgan fingerprint density at radius 2 is 2.12 bits per heavy atom. The molecule has 0 spiro atoms. The topological polar surface area (TPSA) is 92.8 Å². The maximum absolute atomic E-state index is 12.5. The minimum Gasteiger partial charge on any atom is -0.459 e. The highest BCUT2D eigenvalue weighted by Gasteiger charge is 2.55. The maximum atomic E-state index is 12.5. The summed E-state index contributed by atoms with van der Waals surface area (Å²) in [5.41, 5.74) is 1.12. The van der Waals surface area contributed by atoms with Crippen LogP contribution in [0.5, 0.6) is 0 Å². The molecule has 25 heavy (non-hydrogen) atoms. The summed E-state index contributed by atoms with van der Waals surface area (Å²) in [5, 5.41) is 1.22. The van der Waals surface area contributed by atoms with Crippen molar-refractivity contribution in [2.75, 3.05) is 0 Å². The molecule has 0 bridgehead atoms. The van der Waals surface area contributed by atoms with Gasteiger partial charge in [0.25, 0.3) is 0 Å². The number of nitrogens with one attached hydrogen (secondary N) is 1. The van der Waals surface area contributed by atoms with Crippen molar-refractivity contribution >= 4 is 39.0 Å². The zero-order valence-electron chi connectivity index (χ0n) is 13.4. The van der Waals surface area contributed by atoms with Crippen LogP contribution in [0.2, 0.25) is 0 Å². The van der Waals surface area contributed by atoms with Gasteiger partial charge in [0.1, 0.15) is 22.7 Å². The quantitative estimate of drug-likeness (QED) is 0.236. The van der Waals surface area contributed by atoms with Crippen LogP contribution in [-0.2, 0) is 35.7 Å². The number of amides is 2. The molecule has 0 aromatic heterocycles. The van der Waals surface area contributed by atoms with Crippen molar-refractivity contribution in [1.29, 1.82) is 0 Å². The predicted octanol–water partition coefficient (Wildman–Crippen LogP) is 0.860. The molecule has 7 nitrogen and oxygen atoms in total. The molecule has 9 heteroatoms. The molecule has 1 aromatic carbocycles. The van der Waals surface area contributed by atoms with Crippen molar-refractivity contribution in [2.45, 2.75) is 31.0 Å². The van der Waals surface area contributed by atoms with Crippen LogP contribution in [0.1, 0.15) is 12.5 Å². The molecular weight excluding hydrogens is 368 g/mol. The summed E-state index contributed by atoms with van der Waals surface area (Å²) < 4.78 is 17.0. The molecule has 134 valence electrons. The van der Waals surface area contributed by atoms with Crippen LogP contribution < -0.4 is 5.32 Å². The van der Waals surface area contributed by atoms with Crippen LogP contribution in [0, 0.1) is 0 Å². The van der Waals surface area contributed by atoms with Gasteiger partial charge in [0, 0.05) is 0 Å². The van der Waals surface area contributed by atoms with E-state index in [1.54, 1.807) is 31.2 Å². The average molecular weight is 385 g/mol. The third kappa shape index (κ3) is 4.08. The number of ether oxygens (including phenoxy) is 1. The molecule has 0 aliphatic carbocycles. The number of carbonyl (C=O) groups excluding carboxylic acids is 3. The van der Waals surface area contributed by atoms with E-state index in [9.17, 15) is 18.6 Å². The second-order valence-corrected chi connectivity index (χ2v) is 7.38. The molecule has 0 radical (unpaired) electrons. The molecule has 1 N–H and O–H groups in total. The van der Waals surface area contributed by atoms with Gasteiger partial charge in [0.15, 0.2) is 11.4 Å². The third-order valence-corrected chi connectivity index (χ3v) is 5.14. The van der Waals surface area contributed by atoms with Crippen LogP contribution in [0.15, 0.2) is 42.5 Å². The highest BCUT2D eigenvalue weighted by atomic mass is 35.7. The van der Waals surface area contributed by atoms with Gasteiger partial charge >= 0.3 is 5.97 Å². The molecule has 0 saturated carbocycles. The molecule has 2 amide bonds. The van der Waals surface area contributed by atoms with Crippen molar-refractivity contribution in [2.24, 2.45) is 0 Å². The summed E-state index contributed by atoms with van der Waals surface area (Å²) in [6.07, 6.45) is 0.320. The normalized spacial score (nSPS) is 21.7. The molecular formula is C16H17ClN2O5S. The van der Waals surface area contributed by atoms with Crippen LogP contribution >= 0.6 is 10.7 Å². The summed E-state index contributed by atoms with van der Waals surface area (Å²) in [6.45, 7) is 5.28. The smallest absolute Gasteiger partial charge is 0.333 e. The zero-order chi connectivity index (χ0) is 18.6. The second-order valence-electron chi connectivity index (χ2n) is 5.49. The van der Waals surface area contributed by atoms with Crippen molar-refractivity contribution in [3.63, 3.8) is 0 Å².